The minimum Gasteiger partial charge on any atom is -0.465 e. The van der Waals surface area contributed by atoms with Crippen LogP contribution in [0.4, 0.5) is 10.6 Å². The highest BCUT2D eigenvalue weighted by atomic mass is 79.9. The fourth-order valence-corrected chi connectivity index (χ4v) is 2.54. The first-order valence-corrected chi connectivity index (χ1v) is 6.91. The maximum Gasteiger partial charge on any atom is 0.405 e. The van der Waals surface area contributed by atoms with Gasteiger partial charge >= 0.3 is 6.09 Å². The zero-order valence-electron chi connectivity index (χ0n) is 10.9. The molecule has 2 rings (SSSR count). The highest BCUT2D eigenvalue weighted by molar-refractivity contribution is 9.10. The Labute approximate surface area is 124 Å². The van der Waals surface area contributed by atoms with E-state index in [2.05, 4.69) is 31.2 Å². The van der Waals surface area contributed by atoms with Crippen LogP contribution >= 0.6 is 15.9 Å². The molecule has 1 aromatic heterocycles. The fourth-order valence-electron chi connectivity index (χ4n) is 2.26. The Morgan fingerprint density at radius 1 is 1.60 bits per heavy atom. The number of carboxylic acid groups (broad SMARTS) is 1. The number of nitrogens with one attached hydrogen (secondary N) is 1. The second kappa shape index (κ2) is 5.63. The second-order valence-electron chi connectivity index (χ2n) is 4.95. The number of hydrogen-bond donors (Lipinski definition) is 2. The van der Waals surface area contributed by atoms with Crippen LogP contribution in [0.3, 0.4) is 0 Å². The minimum atomic E-state index is -1.01. The zero-order valence-corrected chi connectivity index (χ0v) is 12.5. The molecule has 0 aromatic carbocycles. The summed E-state index contributed by atoms with van der Waals surface area (Å²) in [6, 6.07) is 2.03. The smallest absolute Gasteiger partial charge is 0.405 e. The number of hydrogen-bond acceptors (Lipinski definition) is 5. The first-order valence-electron chi connectivity index (χ1n) is 6.12. The lowest BCUT2D eigenvalue weighted by Crippen LogP contribution is -2.53. The van der Waals surface area contributed by atoms with E-state index in [4.69, 9.17) is 10.4 Å². The SMILES string of the molecule is CC1(NC(=O)O)CCN(c2ncc(Br)nc2C#N)CC1. The Balaban J connectivity index is 2.12. The molecule has 0 spiro atoms. The Hall–Kier alpha value is -1.88. The maximum absolute atomic E-state index is 10.8. The molecule has 0 radical (unpaired) electrons. The standard InChI is InChI=1S/C12H14BrN5O2/c1-12(17-11(19)20)2-4-18(5-3-12)10-8(6-14)16-9(13)7-15-10/h7,17H,2-5H2,1H3,(H,19,20). The molecule has 1 aliphatic heterocycles. The van der Waals surface area contributed by atoms with Crippen molar-refractivity contribution < 1.29 is 9.90 Å². The van der Waals surface area contributed by atoms with Gasteiger partial charge in [0.25, 0.3) is 0 Å². The third kappa shape index (κ3) is 3.17. The Bertz CT molecular complexity index is 563. The summed E-state index contributed by atoms with van der Waals surface area (Å²) in [6.45, 7) is 3.14. The molecule has 8 heteroatoms. The van der Waals surface area contributed by atoms with Crippen LogP contribution in [0, 0.1) is 11.3 Å². The van der Waals surface area contributed by atoms with E-state index in [1.807, 2.05) is 17.9 Å². The average Bonchev–Trinajstić information content (AvgIpc) is 2.38. The Morgan fingerprint density at radius 2 is 2.25 bits per heavy atom. The van der Waals surface area contributed by atoms with Crippen LogP contribution in [0.5, 0.6) is 0 Å². The van der Waals surface area contributed by atoms with Crippen molar-refractivity contribution in [1.29, 1.82) is 5.26 Å². The van der Waals surface area contributed by atoms with Crippen molar-refractivity contribution >= 4 is 27.8 Å². The molecule has 7 nitrogen and oxygen atoms in total. The van der Waals surface area contributed by atoms with Crippen LogP contribution in [0.2, 0.25) is 0 Å². The summed E-state index contributed by atoms with van der Waals surface area (Å²) in [5, 5.41) is 20.5. The third-order valence-corrected chi connectivity index (χ3v) is 3.79. The zero-order chi connectivity index (χ0) is 14.8. The van der Waals surface area contributed by atoms with Crippen molar-refractivity contribution in [3.63, 3.8) is 0 Å². The number of piperidine rings is 1. The minimum absolute atomic E-state index is 0.272. The van der Waals surface area contributed by atoms with Gasteiger partial charge in [-0.3, -0.25) is 0 Å². The second-order valence-corrected chi connectivity index (χ2v) is 5.77. The van der Waals surface area contributed by atoms with Crippen molar-refractivity contribution in [1.82, 2.24) is 15.3 Å². The van der Waals surface area contributed by atoms with Crippen molar-refractivity contribution in [3.05, 3.63) is 16.5 Å². The Kier molecular flexibility index (Phi) is 4.09. The van der Waals surface area contributed by atoms with Gasteiger partial charge in [0.1, 0.15) is 10.7 Å². The van der Waals surface area contributed by atoms with E-state index in [1.54, 1.807) is 6.20 Å². The highest BCUT2D eigenvalue weighted by Gasteiger charge is 2.32. The molecule has 0 atom stereocenters. The number of halogens is 1. The van der Waals surface area contributed by atoms with E-state index >= 15 is 0 Å². The number of nitriles is 1. The molecule has 1 amide bonds. The van der Waals surface area contributed by atoms with Crippen LogP contribution in [0.1, 0.15) is 25.5 Å². The van der Waals surface area contributed by atoms with Gasteiger partial charge in [0.05, 0.1) is 6.20 Å². The first kappa shape index (κ1) is 14.5. The average molecular weight is 340 g/mol. The summed E-state index contributed by atoms with van der Waals surface area (Å²) in [6.07, 6.45) is 1.85. The van der Waals surface area contributed by atoms with Crippen LogP contribution in [-0.4, -0.2) is 39.8 Å². The lowest BCUT2D eigenvalue weighted by molar-refractivity contribution is 0.173. The maximum atomic E-state index is 10.8. The molecule has 1 aromatic rings. The first-order chi connectivity index (χ1) is 9.43. The van der Waals surface area contributed by atoms with E-state index in [0.717, 1.165) is 0 Å². The topological polar surface area (TPSA) is 102 Å². The van der Waals surface area contributed by atoms with E-state index < -0.39 is 11.6 Å². The van der Waals surface area contributed by atoms with Crippen LogP contribution in [0.25, 0.3) is 0 Å². The molecule has 1 fully saturated rings. The van der Waals surface area contributed by atoms with Crippen LogP contribution in [0.15, 0.2) is 10.8 Å². The predicted molar refractivity (Wildman–Crippen MR) is 75.5 cm³/mol. The number of rotatable bonds is 2. The van der Waals surface area contributed by atoms with Crippen LogP contribution in [-0.2, 0) is 0 Å². The lowest BCUT2D eigenvalue weighted by atomic mass is 9.90. The number of carbonyl (C=O) groups is 1. The van der Waals surface area contributed by atoms with Crippen molar-refractivity contribution in [3.8, 4) is 6.07 Å². The largest absolute Gasteiger partial charge is 0.465 e. The summed E-state index contributed by atoms with van der Waals surface area (Å²) in [5.41, 5.74) is -0.160. The highest BCUT2D eigenvalue weighted by Crippen LogP contribution is 2.26. The third-order valence-electron chi connectivity index (χ3n) is 3.40. The van der Waals surface area contributed by atoms with E-state index in [-0.39, 0.29) is 5.69 Å². The summed E-state index contributed by atoms with van der Waals surface area (Å²) in [7, 11) is 0. The number of nitrogens with zero attached hydrogens (tertiary/aromatic N) is 4. The Morgan fingerprint density at radius 3 is 2.80 bits per heavy atom. The van der Waals surface area contributed by atoms with Crippen molar-refractivity contribution in [2.75, 3.05) is 18.0 Å². The molecule has 1 aliphatic rings. The van der Waals surface area contributed by atoms with Gasteiger partial charge in [-0.2, -0.15) is 5.26 Å². The van der Waals surface area contributed by atoms with Crippen LogP contribution < -0.4 is 10.2 Å². The van der Waals surface area contributed by atoms with E-state index in [0.29, 0.717) is 36.4 Å². The molecule has 0 bridgehead atoms. The quantitative estimate of drug-likeness (QED) is 0.850. The molecule has 2 heterocycles. The van der Waals surface area contributed by atoms with Gasteiger partial charge in [-0.05, 0) is 35.7 Å². The summed E-state index contributed by atoms with van der Waals surface area (Å²) in [5.74, 6) is 0.549. The molecule has 0 unspecified atom stereocenters. The van der Waals surface area contributed by atoms with Gasteiger partial charge < -0.3 is 15.3 Å². The summed E-state index contributed by atoms with van der Waals surface area (Å²) in [4.78, 5) is 21.1. The molecule has 106 valence electrons. The number of anilines is 1. The number of amides is 1. The molecule has 0 saturated carbocycles. The number of aromatic nitrogens is 2. The monoisotopic (exact) mass is 339 g/mol. The predicted octanol–water partition coefficient (Wildman–Crippen LogP) is 1.74. The van der Waals surface area contributed by atoms with Gasteiger partial charge in [-0.1, -0.05) is 0 Å². The lowest BCUT2D eigenvalue weighted by Gasteiger charge is -2.39. The summed E-state index contributed by atoms with van der Waals surface area (Å²) < 4.78 is 0.521. The van der Waals surface area contributed by atoms with E-state index in [9.17, 15) is 4.79 Å². The molecule has 2 N–H and O–H groups in total. The molecule has 1 saturated heterocycles. The molecule has 0 aliphatic carbocycles. The normalized spacial score (nSPS) is 17.4. The molecular formula is C12H14BrN5O2. The van der Waals surface area contributed by atoms with E-state index in [1.165, 1.54) is 0 Å². The fraction of sp³-hybridized carbons (Fsp3) is 0.500. The summed E-state index contributed by atoms with van der Waals surface area (Å²) >= 11 is 3.19. The molecular weight excluding hydrogens is 326 g/mol. The van der Waals surface area contributed by atoms with Gasteiger partial charge in [-0.15, -0.1) is 0 Å². The van der Waals surface area contributed by atoms with Gasteiger partial charge in [0.2, 0.25) is 0 Å². The van der Waals surface area contributed by atoms with Crippen molar-refractivity contribution in [2.24, 2.45) is 0 Å². The molecule has 20 heavy (non-hydrogen) atoms. The van der Waals surface area contributed by atoms with Crippen molar-refractivity contribution in [2.45, 2.75) is 25.3 Å². The van der Waals surface area contributed by atoms with Gasteiger partial charge in [-0.25, -0.2) is 14.8 Å². The van der Waals surface area contributed by atoms with Gasteiger partial charge in [0.15, 0.2) is 11.5 Å². The van der Waals surface area contributed by atoms with Gasteiger partial charge in [0, 0.05) is 18.6 Å².